The molecule has 0 spiro atoms. The van der Waals surface area contributed by atoms with Crippen LogP contribution in [-0.4, -0.2) is 32.8 Å². The molecule has 0 radical (unpaired) electrons. The van der Waals surface area contributed by atoms with Crippen LogP contribution >= 0.6 is 0 Å². The monoisotopic (exact) mass is 312 g/mol. The maximum atomic E-state index is 12.0. The van der Waals surface area contributed by atoms with Crippen LogP contribution in [0, 0.1) is 6.92 Å². The molecule has 0 aliphatic rings. The van der Waals surface area contributed by atoms with Crippen molar-refractivity contribution in [1.29, 1.82) is 0 Å². The van der Waals surface area contributed by atoms with Crippen LogP contribution in [0.15, 0.2) is 30.5 Å². The first kappa shape index (κ1) is 15.0. The molecule has 7 heteroatoms. The molecule has 0 saturated heterocycles. The third kappa shape index (κ3) is 2.98. The molecule has 7 nitrogen and oxygen atoms in total. The Morgan fingerprint density at radius 2 is 2.17 bits per heavy atom. The summed E-state index contributed by atoms with van der Waals surface area (Å²) < 4.78 is 12.3. The summed E-state index contributed by atoms with van der Waals surface area (Å²) in [6, 6.07) is 7.01. The largest absolute Gasteiger partial charge is 0.471 e. The van der Waals surface area contributed by atoms with Crippen molar-refractivity contribution in [2.45, 2.75) is 13.5 Å². The first-order valence-corrected chi connectivity index (χ1v) is 7.05. The predicted molar refractivity (Wildman–Crippen MR) is 83.2 cm³/mol. The number of fused-ring (bicyclic) bond motifs is 1. The second kappa shape index (κ2) is 6.04. The Bertz CT molecular complexity index is 853. The van der Waals surface area contributed by atoms with Crippen molar-refractivity contribution in [3.63, 3.8) is 0 Å². The molecule has 3 aromatic rings. The van der Waals surface area contributed by atoms with Crippen molar-refractivity contribution in [1.82, 2.24) is 19.7 Å². The molecular weight excluding hydrogens is 296 g/mol. The van der Waals surface area contributed by atoms with Crippen LogP contribution in [0.4, 0.5) is 0 Å². The molecule has 0 unspecified atom stereocenters. The van der Waals surface area contributed by atoms with Crippen LogP contribution in [0.5, 0.6) is 5.88 Å². The summed E-state index contributed by atoms with van der Waals surface area (Å²) in [5, 5.41) is 4.94. The van der Waals surface area contributed by atoms with Crippen LogP contribution in [-0.2, 0) is 18.4 Å². The van der Waals surface area contributed by atoms with Gasteiger partial charge in [-0.05, 0) is 25.1 Å². The van der Waals surface area contributed by atoms with Crippen LogP contribution in [0.1, 0.15) is 21.7 Å². The van der Waals surface area contributed by atoms with Crippen LogP contribution in [0.3, 0.4) is 0 Å². The molecule has 0 atom stereocenters. The number of carbonyl (C=O) groups excluding carboxylic acids is 1. The number of aromatic nitrogens is 4. The molecular formula is C16H16N4O3. The lowest BCUT2D eigenvalue weighted by molar-refractivity contribution is 0.0602. The molecule has 0 amide bonds. The number of esters is 1. The van der Waals surface area contributed by atoms with Crippen LogP contribution < -0.4 is 4.74 Å². The Labute approximate surface area is 132 Å². The van der Waals surface area contributed by atoms with Crippen LogP contribution in [0.25, 0.3) is 11.0 Å². The number of hydrogen-bond acceptors (Lipinski definition) is 6. The van der Waals surface area contributed by atoms with Crippen molar-refractivity contribution in [3.05, 3.63) is 47.4 Å². The van der Waals surface area contributed by atoms with Gasteiger partial charge in [0.05, 0.1) is 12.7 Å². The summed E-state index contributed by atoms with van der Waals surface area (Å²) in [6.45, 7) is 2.22. The van der Waals surface area contributed by atoms with Gasteiger partial charge in [-0.2, -0.15) is 10.1 Å². The quantitative estimate of drug-likeness (QED) is 0.686. The SMILES string of the molecule is COC(=O)c1cc(OCc2cc(C)n(C)n2)nc2ncccc12. The molecule has 0 aromatic carbocycles. The summed E-state index contributed by atoms with van der Waals surface area (Å²) in [6.07, 6.45) is 1.61. The van der Waals surface area contributed by atoms with Gasteiger partial charge in [0, 0.05) is 30.4 Å². The third-order valence-corrected chi connectivity index (χ3v) is 3.50. The van der Waals surface area contributed by atoms with E-state index in [9.17, 15) is 4.79 Å². The highest BCUT2D eigenvalue weighted by atomic mass is 16.5. The molecule has 118 valence electrons. The summed E-state index contributed by atoms with van der Waals surface area (Å²) in [5.41, 5.74) is 2.62. The van der Waals surface area contributed by atoms with Gasteiger partial charge in [0.15, 0.2) is 5.65 Å². The van der Waals surface area contributed by atoms with Gasteiger partial charge < -0.3 is 9.47 Å². The van der Waals surface area contributed by atoms with Crippen molar-refractivity contribution >= 4 is 17.0 Å². The Hall–Kier alpha value is -2.96. The number of hydrogen-bond donors (Lipinski definition) is 0. The number of nitrogens with zero attached hydrogens (tertiary/aromatic N) is 4. The molecule has 0 aliphatic carbocycles. The van der Waals surface area contributed by atoms with Crippen molar-refractivity contribution in [3.8, 4) is 5.88 Å². The maximum absolute atomic E-state index is 12.0. The van der Waals surface area contributed by atoms with E-state index in [1.54, 1.807) is 29.1 Å². The third-order valence-electron chi connectivity index (χ3n) is 3.50. The summed E-state index contributed by atoms with van der Waals surface area (Å²) in [5.74, 6) is -0.149. The minimum absolute atomic E-state index is 0.258. The molecule has 0 saturated carbocycles. The van der Waals surface area contributed by atoms with Gasteiger partial charge in [-0.3, -0.25) is 4.68 Å². The Balaban J connectivity index is 1.92. The molecule has 3 heterocycles. The van der Waals surface area contributed by atoms with Crippen molar-refractivity contribution in [2.24, 2.45) is 7.05 Å². The second-order valence-corrected chi connectivity index (χ2v) is 5.06. The molecule has 0 aliphatic heterocycles. The fourth-order valence-corrected chi connectivity index (χ4v) is 2.24. The zero-order valence-electron chi connectivity index (χ0n) is 13.1. The fraction of sp³-hybridized carbons (Fsp3) is 0.250. The fourth-order valence-electron chi connectivity index (χ4n) is 2.24. The van der Waals surface area contributed by atoms with E-state index in [1.165, 1.54) is 7.11 Å². The Morgan fingerprint density at radius 1 is 1.35 bits per heavy atom. The molecule has 0 bridgehead atoms. The highest BCUT2D eigenvalue weighted by molar-refractivity contribution is 6.02. The van der Waals surface area contributed by atoms with Gasteiger partial charge >= 0.3 is 5.97 Å². The number of methoxy groups -OCH3 is 1. The molecule has 3 aromatic heterocycles. The lowest BCUT2D eigenvalue weighted by Gasteiger charge is -2.08. The topological polar surface area (TPSA) is 79.1 Å². The van der Waals surface area contributed by atoms with E-state index in [0.717, 1.165) is 11.4 Å². The van der Waals surface area contributed by atoms with E-state index in [1.807, 2.05) is 20.0 Å². The minimum atomic E-state index is -0.455. The number of pyridine rings is 2. The molecule has 3 rings (SSSR count). The standard InChI is InChI=1S/C16H16N4O3/c1-10-7-11(19-20(10)2)9-23-14-8-13(16(21)22-3)12-5-4-6-17-15(12)18-14/h4-8H,9H2,1-3H3. The van der Waals surface area contributed by atoms with Gasteiger partial charge in [0.2, 0.25) is 5.88 Å². The Morgan fingerprint density at radius 3 is 2.87 bits per heavy atom. The lowest BCUT2D eigenvalue weighted by Crippen LogP contribution is -2.06. The minimum Gasteiger partial charge on any atom is -0.471 e. The average Bonchev–Trinajstić information content (AvgIpc) is 2.89. The van der Waals surface area contributed by atoms with E-state index >= 15 is 0 Å². The lowest BCUT2D eigenvalue weighted by atomic mass is 10.1. The molecule has 23 heavy (non-hydrogen) atoms. The van der Waals surface area contributed by atoms with E-state index in [2.05, 4.69) is 15.1 Å². The molecule has 0 fully saturated rings. The zero-order chi connectivity index (χ0) is 16.4. The van der Waals surface area contributed by atoms with Gasteiger partial charge in [0.1, 0.15) is 12.3 Å². The highest BCUT2D eigenvalue weighted by Gasteiger charge is 2.15. The van der Waals surface area contributed by atoms with E-state index in [-0.39, 0.29) is 6.61 Å². The van der Waals surface area contributed by atoms with Gasteiger partial charge in [-0.1, -0.05) is 0 Å². The first-order chi connectivity index (χ1) is 11.1. The summed E-state index contributed by atoms with van der Waals surface area (Å²) >= 11 is 0. The average molecular weight is 312 g/mol. The van der Waals surface area contributed by atoms with Gasteiger partial charge in [0.25, 0.3) is 0 Å². The summed E-state index contributed by atoms with van der Waals surface area (Å²) in [7, 11) is 3.20. The second-order valence-electron chi connectivity index (χ2n) is 5.06. The first-order valence-electron chi connectivity index (χ1n) is 7.05. The predicted octanol–water partition coefficient (Wildman–Crippen LogP) is 2.04. The Kier molecular flexibility index (Phi) is 3.92. The van der Waals surface area contributed by atoms with E-state index in [0.29, 0.717) is 22.5 Å². The number of ether oxygens (including phenoxy) is 2. The highest BCUT2D eigenvalue weighted by Crippen LogP contribution is 2.22. The van der Waals surface area contributed by atoms with Crippen molar-refractivity contribution < 1.29 is 14.3 Å². The maximum Gasteiger partial charge on any atom is 0.338 e. The number of aryl methyl sites for hydroxylation is 2. The van der Waals surface area contributed by atoms with Gasteiger partial charge in [-0.25, -0.2) is 9.78 Å². The van der Waals surface area contributed by atoms with Gasteiger partial charge in [-0.15, -0.1) is 0 Å². The van der Waals surface area contributed by atoms with E-state index < -0.39 is 5.97 Å². The van der Waals surface area contributed by atoms with Crippen molar-refractivity contribution in [2.75, 3.05) is 7.11 Å². The molecule has 0 N–H and O–H groups in total. The van der Waals surface area contributed by atoms with Crippen LogP contribution in [0.2, 0.25) is 0 Å². The zero-order valence-corrected chi connectivity index (χ0v) is 13.1. The van der Waals surface area contributed by atoms with E-state index in [4.69, 9.17) is 9.47 Å². The smallest absolute Gasteiger partial charge is 0.338 e. The summed E-state index contributed by atoms with van der Waals surface area (Å²) in [4.78, 5) is 20.4. The number of rotatable bonds is 4. The number of carbonyl (C=O) groups is 1. The normalized spacial score (nSPS) is 10.7.